The van der Waals surface area contributed by atoms with Crippen molar-refractivity contribution in [1.29, 1.82) is 0 Å². The van der Waals surface area contributed by atoms with E-state index in [1.807, 2.05) is 47.1 Å². The van der Waals surface area contributed by atoms with Crippen LogP contribution in [0.3, 0.4) is 0 Å². The number of H-pyrrole nitrogens is 1. The van der Waals surface area contributed by atoms with Gasteiger partial charge in [-0.3, -0.25) is 9.69 Å². The first-order valence-electron chi connectivity index (χ1n) is 13.2. The van der Waals surface area contributed by atoms with Crippen molar-refractivity contribution in [3.63, 3.8) is 0 Å². The molecule has 1 N–H and O–H groups in total. The number of rotatable bonds is 9. The number of fused-ring (bicyclic) bond motifs is 2. The first-order chi connectivity index (χ1) is 18.6. The average Bonchev–Trinajstić information content (AvgIpc) is 3.71. The Balaban J connectivity index is 1.37. The second-order valence-electron chi connectivity index (χ2n) is 10.0. The van der Waals surface area contributed by atoms with Crippen molar-refractivity contribution in [2.75, 3.05) is 13.9 Å². The molecule has 2 aromatic heterocycles. The van der Waals surface area contributed by atoms with E-state index in [0.29, 0.717) is 30.4 Å². The number of hydrogen-bond donors (Lipinski definition) is 1. The van der Waals surface area contributed by atoms with E-state index in [9.17, 15) is 4.79 Å². The maximum atomic E-state index is 13.2. The molecule has 1 atom stereocenters. The molecule has 0 bridgehead atoms. The van der Waals surface area contributed by atoms with Crippen molar-refractivity contribution in [3.05, 3.63) is 69.8 Å². The molecule has 0 spiro atoms. The SMILES string of the molecule is CC[C@@H](c1nnnn1C1CCCC1)N(Cc1ccc2c(c1)OCO2)Cc1cc2ccc(OC)cc2[nH]c1=O. The molecule has 2 aromatic carbocycles. The van der Waals surface area contributed by atoms with E-state index in [2.05, 4.69) is 32.3 Å². The zero-order valence-corrected chi connectivity index (χ0v) is 21.7. The molecule has 1 fully saturated rings. The number of aromatic nitrogens is 5. The van der Waals surface area contributed by atoms with Crippen molar-refractivity contribution < 1.29 is 14.2 Å². The monoisotopic (exact) mass is 516 g/mol. The quantitative estimate of drug-likeness (QED) is 0.346. The van der Waals surface area contributed by atoms with Crippen molar-refractivity contribution >= 4 is 10.9 Å². The van der Waals surface area contributed by atoms with Gasteiger partial charge in [0.05, 0.1) is 24.7 Å². The van der Waals surface area contributed by atoms with E-state index < -0.39 is 0 Å². The molecule has 1 aliphatic carbocycles. The van der Waals surface area contributed by atoms with Crippen LogP contribution in [-0.2, 0) is 13.1 Å². The summed E-state index contributed by atoms with van der Waals surface area (Å²) in [6, 6.07) is 13.9. The summed E-state index contributed by atoms with van der Waals surface area (Å²) in [6.07, 6.45) is 5.35. The Bertz CT molecular complexity index is 1490. The first kappa shape index (κ1) is 24.4. The number of tetrazole rings is 1. The Kier molecular flexibility index (Phi) is 6.71. The first-order valence-corrected chi connectivity index (χ1v) is 13.2. The van der Waals surface area contributed by atoms with Crippen LogP contribution in [0.25, 0.3) is 10.9 Å². The summed E-state index contributed by atoms with van der Waals surface area (Å²) in [6.45, 7) is 3.39. The molecule has 4 aromatic rings. The third kappa shape index (κ3) is 4.71. The minimum Gasteiger partial charge on any atom is -0.497 e. The number of methoxy groups -OCH3 is 1. The minimum absolute atomic E-state index is 0.0815. The largest absolute Gasteiger partial charge is 0.497 e. The number of pyridine rings is 1. The molecular weight excluding hydrogens is 484 g/mol. The van der Waals surface area contributed by atoms with Crippen LogP contribution in [0.5, 0.6) is 17.2 Å². The summed E-state index contributed by atoms with van der Waals surface area (Å²) >= 11 is 0. The second-order valence-corrected chi connectivity index (χ2v) is 10.0. The molecule has 0 saturated heterocycles. The molecule has 1 aliphatic heterocycles. The zero-order valence-electron chi connectivity index (χ0n) is 21.7. The van der Waals surface area contributed by atoms with Gasteiger partial charge in [0.25, 0.3) is 5.56 Å². The molecule has 1 saturated carbocycles. The van der Waals surface area contributed by atoms with E-state index in [1.54, 1.807) is 7.11 Å². The summed E-state index contributed by atoms with van der Waals surface area (Å²) in [5.74, 6) is 3.04. The van der Waals surface area contributed by atoms with Crippen molar-refractivity contribution in [3.8, 4) is 17.2 Å². The highest BCUT2D eigenvalue weighted by atomic mass is 16.7. The van der Waals surface area contributed by atoms with Gasteiger partial charge in [-0.05, 0) is 71.0 Å². The molecule has 0 radical (unpaired) electrons. The standard InChI is InChI=1S/C28H32N6O4/c1-3-24(27-30-31-32-34(27)21-6-4-5-7-21)33(15-18-8-11-25-26(12-18)38-17-37-25)16-20-13-19-9-10-22(36-2)14-23(19)29-28(20)35/h8-14,21,24H,3-7,15-17H2,1-2H3,(H,29,35)/t24-/m0/s1. The van der Waals surface area contributed by atoms with Gasteiger partial charge in [-0.2, -0.15) is 0 Å². The van der Waals surface area contributed by atoms with Crippen molar-refractivity contribution in [1.82, 2.24) is 30.1 Å². The van der Waals surface area contributed by atoms with Crippen LogP contribution in [-0.4, -0.2) is 44.0 Å². The van der Waals surface area contributed by atoms with Crippen LogP contribution in [0.15, 0.2) is 47.3 Å². The van der Waals surface area contributed by atoms with E-state index in [1.165, 1.54) is 12.8 Å². The summed E-state index contributed by atoms with van der Waals surface area (Å²) in [4.78, 5) is 18.6. The lowest BCUT2D eigenvalue weighted by molar-refractivity contribution is 0.158. The van der Waals surface area contributed by atoms with Gasteiger partial charge in [0.1, 0.15) is 5.75 Å². The van der Waals surface area contributed by atoms with Crippen LogP contribution in [0.4, 0.5) is 0 Å². The van der Waals surface area contributed by atoms with E-state index >= 15 is 0 Å². The molecule has 0 amide bonds. The smallest absolute Gasteiger partial charge is 0.252 e. The molecule has 3 heterocycles. The van der Waals surface area contributed by atoms with Crippen LogP contribution in [0.2, 0.25) is 0 Å². The number of hydrogen-bond acceptors (Lipinski definition) is 8. The van der Waals surface area contributed by atoms with Gasteiger partial charge in [-0.15, -0.1) is 5.10 Å². The fraction of sp³-hybridized carbons (Fsp3) is 0.429. The van der Waals surface area contributed by atoms with Crippen LogP contribution in [0.1, 0.15) is 68.1 Å². The molecule has 38 heavy (non-hydrogen) atoms. The van der Waals surface area contributed by atoms with E-state index in [-0.39, 0.29) is 18.4 Å². The second kappa shape index (κ2) is 10.4. The molecule has 198 valence electrons. The van der Waals surface area contributed by atoms with Gasteiger partial charge in [0.2, 0.25) is 6.79 Å². The van der Waals surface area contributed by atoms with Gasteiger partial charge >= 0.3 is 0 Å². The predicted molar refractivity (Wildman–Crippen MR) is 141 cm³/mol. The van der Waals surface area contributed by atoms with Crippen LogP contribution < -0.4 is 19.8 Å². The third-order valence-electron chi connectivity index (χ3n) is 7.64. The van der Waals surface area contributed by atoms with Crippen LogP contribution in [0, 0.1) is 0 Å². The lowest BCUT2D eigenvalue weighted by Crippen LogP contribution is -2.32. The highest BCUT2D eigenvalue weighted by molar-refractivity contribution is 5.80. The Morgan fingerprint density at radius 1 is 1.11 bits per heavy atom. The van der Waals surface area contributed by atoms with Gasteiger partial charge in [-0.25, -0.2) is 4.68 Å². The maximum Gasteiger partial charge on any atom is 0.252 e. The normalized spacial score (nSPS) is 16.0. The molecule has 10 nitrogen and oxygen atoms in total. The summed E-state index contributed by atoms with van der Waals surface area (Å²) < 4.78 is 18.5. The summed E-state index contributed by atoms with van der Waals surface area (Å²) in [5.41, 5.74) is 2.38. The fourth-order valence-corrected chi connectivity index (χ4v) is 5.67. The van der Waals surface area contributed by atoms with Crippen molar-refractivity contribution in [2.24, 2.45) is 0 Å². The zero-order chi connectivity index (χ0) is 26.1. The molecule has 6 rings (SSSR count). The van der Waals surface area contributed by atoms with E-state index in [0.717, 1.165) is 53.1 Å². The number of aromatic amines is 1. The number of benzene rings is 2. The molecule has 2 aliphatic rings. The predicted octanol–water partition coefficient (Wildman–Crippen LogP) is 4.52. The number of nitrogens with one attached hydrogen (secondary N) is 1. The number of nitrogens with zero attached hydrogens (tertiary/aromatic N) is 5. The summed E-state index contributed by atoms with van der Waals surface area (Å²) in [7, 11) is 1.62. The average molecular weight is 517 g/mol. The van der Waals surface area contributed by atoms with Gasteiger partial charge in [-0.1, -0.05) is 25.8 Å². The highest BCUT2D eigenvalue weighted by Crippen LogP contribution is 2.36. The Morgan fingerprint density at radius 2 is 1.95 bits per heavy atom. The Labute approximate surface area is 220 Å². The Morgan fingerprint density at radius 3 is 2.76 bits per heavy atom. The van der Waals surface area contributed by atoms with Crippen LogP contribution >= 0.6 is 0 Å². The van der Waals surface area contributed by atoms with Gasteiger partial charge < -0.3 is 19.2 Å². The lowest BCUT2D eigenvalue weighted by atomic mass is 10.1. The molecule has 0 unspecified atom stereocenters. The molecular formula is C28H32N6O4. The lowest BCUT2D eigenvalue weighted by Gasteiger charge is -2.31. The van der Waals surface area contributed by atoms with E-state index in [4.69, 9.17) is 14.2 Å². The fourth-order valence-electron chi connectivity index (χ4n) is 5.67. The van der Waals surface area contributed by atoms with Gasteiger partial charge in [0, 0.05) is 24.7 Å². The summed E-state index contributed by atoms with van der Waals surface area (Å²) in [5, 5.41) is 13.9. The Hall–Kier alpha value is -3.92. The third-order valence-corrected chi connectivity index (χ3v) is 7.64. The topological polar surface area (TPSA) is 107 Å². The number of ether oxygens (including phenoxy) is 3. The van der Waals surface area contributed by atoms with Gasteiger partial charge in [0.15, 0.2) is 17.3 Å². The highest BCUT2D eigenvalue weighted by Gasteiger charge is 2.30. The molecule has 10 heteroatoms. The maximum absolute atomic E-state index is 13.2. The minimum atomic E-state index is -0.119. The van der Waals surface area contributed by atoms with Crippen molar-refractivity contribution in [2.45, 2.75) is 64.2 Å².